The average molecular weight is 572 g/mol. The molecule has 0 radical (unpaired) electrons. The summed E-state index contributed by atoms with van der Waals surface area (Å²) in [6, 6.07) is 39.7. The molecule has 0 saturated carbocycles. The summed E-state index contributed by atoms with van der Waals surface area (Å²) in [6.07, 6.45) is 0. The Morgan fingerprint density at radius 2 is 1.30 bits per heavy atom. The maximum atomic E-state index is 7.93. The first-order valence-electron chi connectivity index (χ1n) is 15.2. The molecule has 0 aliphatic heterocycles. The molecule has 2 heterocycles. The smallest absolute Gasteiger partial charge is 0.240 e. The minimum atomic E-state index is 0.281. The van der Waals surface area contributed by atoms with Crippen molar-refractivity contribution in [3.63, 3.8) is 0 Å². The first kappa shape index (κ1) is 27.4. The molecular weight excluding hydrogens is 538 g/mol. The summed E-state index contributed by atoms with van der Waals surface area (Å²) in [5, 5.41) is 0.830. The molecule has 0 saturated heterocycles. The van der Waals surface area contributed by atoms with Crippen molar-refractivity contribution in [1.29, 1.82) is 0 Å². The number of hydrogen-bond acceptors (Lipinski definition) is 2. The van der Waals surface area contributed by atoms with Gasteiger partial charge in [-0.1, -0.05) is 107 Å². The number of imidazole rings is 1. The van der Waals surface area contributed by atoms with Crippen LogP contribution in [-0.2, 0) is 0 Å². The number of hydrogen-bond donors (Lipinski definition) is 0. The Morgan fingerprint density at radius 3 is 2.02 bits per heavy atom. The zero-order chi connectivity index (χ0) is 30.4. The lowest BCUT2D eigenvalue weighted by atomic mass is 9.88. The molecule has 0 amide bonds. The van der Waals surface area contributed by atoms with Crippen molar-refractivity contribution in [2.24, 2.45) is 0 Å². The second-order valence-corrected chi connectivity index (χ2v) is 11.9. The SMILES string of the molecule is [C-]#[N+]c1c(-c2cccc(-c3nc4ccccc4n3-c3c(C(C)C)cc(-c4ccccc4)cc3C(C)C)c2)oc2ccccc12. The molecule has 2 aromatic heterocycles. The van der Waals surface area contributed by atoms with Gasteiger partial charge in [0.25, 0.3) is 0 Å². The molecule has 0 fully saturated rings. The molecule has 0 atom stereocenters. The summed E-state index contributed by atoms with van der Waals surface area (Å²) >= 11 is 0. The molecule has 4 nitrogen and oxygen atoms in total. The third-order valence-electron chi connectivity index (χ3n) is 8.37. The summed E-state index contributed by atoms with van der Waals surface area (Å²) in [6.45, 7) is 17.0. The van der Waals surface area contributed by atoms with Gasteiger partial charge >= 0.3 is 0 Å². The molecule has 0 spiro atoms. The fourth-order valence-electron chi connectivity index (χ4n) is 6.20. The van der Waals surface area contributed by atoms with E-state index < -0.39 is 0 Å². The highest BCUT2D eigenvalue weighted by atomic mass is 16.3. The third kappa shape index (κ3) is 4.58. The van der Waals surface area contributed by atoms with E-state index in [0.717, 1.165) is 33.4 Å². The maximum Gasteiger partial charge on any atom is 0.240 e. The zero-order valence-electron chi connectivity index (χ0n) is 25.4. The van der Waals surface area contributed by atoms with Crippen LogP contribution in [-0.4, -0.2) is 9.55 Å². The predicted molar refractivity (Wildman–Crippen MR) is 182 cm³/mol. The molecule has 7 aromatic rings. The average Bonchev–Trinajstić information content (AvgIpc) is 3.63. The number of nitrogens with zero attached hydrogens (tertiary/aromatic N) is 3. The fraction of sp³-hybridized carbons (Fsp3) is 0.150. The molecule has 7 rings (SSSR count). The summed E-state index contributed by atoms with van der Waals surface area (Å²) in [5.41, 5.74) is 11.3. The van der Waals surface area contributed by atoms with Gasteiger partial charge in [-0.3, -0.25) is 4.57 Å². The van der Waals surface area contributed by atoms with Crippen molar-refractivity contribution in [2.75, 3.05) is 0 Å². The molecular formula is C40H33N3O. The van der Waals surface area contributed by atoms with Gasteiger partial charge in [-0.2, -0.15) is 0 Å². The number of para-hydroxylation sites is 3. The van der Waals surface area contributed by atoms with E-state index in [1.54, 1.807) is 0 Å². The zero-order valence-corrected chi connectivity index (χ0v) is 25.4. The minimum Gasteiger partial charge on any atom is -0.469 e. The van der Waals surface area contributed by atoms with Crippen LogP contribution in [0.4, 0.5) is 5.69 Å². The normalized spacial score (nSPS) is 11.6. The quantitative estimate of drug-likeness (QED) is 0.186. The highest BCUT2D eigenvalue weighted by molar-refractivity contribution is 5.99. The van der Waals surface area contributed by atoms with E-state index >= 15 is 0 Å². The van der Waals surface area contributed by atoms with E-state index in [2.05, 4.69) is 110 Å². The van der Waals surface area contributed by atoms with E-state index in [9.17, 15) is 0 Å². The Kier molecular flexibility index (Phi) is 6.87. The van der Waals surface area contributed by atoms with Crippen LogP contribution in [0.1, 0.15) is 50.7 Å². The summed E-state index contributed by atoms with van der Waals surface area (Å²) < 4.78 is 8.61. The van der Waals surface area contributed by atoms with Gasteiger partial charge in [0, 0.05) is 16.5 Å². The maximum absolute atomic E-state index is 7.93. The molecule has 44 heavy (non-hydrogen) atoms. The Hall–Kier alpha value is -5.40. The van der Waals surface area contributed by atoms with Crippen molar-refractivity contribution in [2.45, 2.75) is 39.5 Å². The van der Waals surface area contributed by atoms with Crippen LogP contribution >= 0.6 is 0 Å². The van der Waals surface area contributed by atoms with Crippen LogP contribution in [0.5, 0.6) is 0 Å². The van der Waals surface area contributed by atoms with Gasteiger partial charge in [0.05, 0.1) is 23.3 Å². The van der Waals surface area contributed by atoms with Crippen LogP contribution < -0.4 is 0 Å². The largest absolute Gasteiger partial charge is 0.469 e. The minimum absolute atomic E-state index is 0.281. The Labute approximate surface area is 258 Å². The van der Waals surface area contributed by atoms with Crippen molar-refractivity contribution >= 4 is 27.7 Å². The van der Waals surface area contributed by atoms with E-state index in [-0.39, 0.29) is 11.8 Å². The molecule has 0 bridgehead atoms. The van der Waals surface area contributed by atoms with Crippen LogP contribution in [0.3, 0.4) is 0 Å². The molecule has 0 aliphatic carbocycles. The molecule has 0 N–H and O–H groups in total. The van der Waals surface area contributed by atoms with E-state index in [4.69, 9.17) is 16.0 Å². The lowest BCUT2D eigenvalue weighted by molar-refractivity contribution is 0.633. The van der Waals surface area contributed by atoms with Gasteiger partial charge in [-0.15, -0.1) is 0 Å². The Morgan fingerprint density at radius 1 is 0.659 bits per heavy atom. The van der Waals surface area contributed by atoms with Crippen molar-refractivity contribution < 1.29 is 4.42 Å². The van der Waals surface area contributed by atoms with E-state index in [1.807, 2.05) is 42.5 Å². The number of aromatic nitrogens is 2. The van der Waals surface area contributed by atoms with Gasteiger partial charge in [-0.05, 0) is 70.5 Å². The van der Waals surface area contributed by atoms with Gasteiger partial charge < -0.3 is 4.42 Å². The highest BCUT2D eigenvalue weighted by Gasteiger charge is 2.24. The van der Waals surface area contributed by atoms with Crippen molar-refractivity contribution in [1.82, 2.24) is 9.55 Å². The number of furan rings is 1. The highest BCUT2D eigenvalue weighted by Crippen LogP contribution is 2.43. The monoisotopic (exact) mass is 571 g/mol. The molecule has 4 heteroatoms. The topological polar surface area (TPSA) is 35.3 Å². The summed E-state index contributed by atoms with van der Waals surface area (Å²) in [5.74, 6) is 2.01. The van der Waals surface area contributed by atoms with E-state index in [1.165, 1.54) is 27.9 Å². The lowest BCUT2D eigenvalue weighted by Crippen LogP contribution is -2.09. The Balaban J connectivity index is 1.50. The van der Waals surface area contributed by atoms with Gasteiger partial charge in [-0.25, -0.2) is 9.83 Å². The van der Waals surface area contributed by atoms with Crippen LogP contribution in [0.15, 0.2) is 120 Å². The molecule has 0 aliphatic rings. The molecule has 214 valence electrons. The van der Waals surface area contributed by atoms with Gasteiger partial charge in [0.1, 0.15) is 17.2 Å². The van der Waals surface area contributed by atoms with Crippen molar-refractivity contribution in [3.05, 3.63) is 138 Å². The second kappa shape index (κ2) is 11.0. The summed E-state index contributed by atoms with van der Waals surface area (Å²) in [4.78, 5) is 9.10. The number of fused-ring (bicyclic) bond motifs is 2. The van der Waals surface area contributed by atoms with Gasteiger partial charge in [0.2, 0.25) is 5.69 Å². The van der Waals surface area contributed by atoms with Gasteiger partial charge in [0.15, 0.2) is 0 Å². The molecule has 5 aromatic carbocycles. The number of benzene rings is 5. The standard InChI is InChI=1S/C40H33N3O/c1-25(2)32-23-30(27-14-7-6-8-15-27)24-33(26(3)4)38(32)43-35-20-11-10-19-34(35)42-40(43)29-17-13-16-28(22-29)39-37(41-5)31-18-9-12-21-36(31)44-39/h6-26H,1-4H3. The van der Waals surface area contributed by atoms with Crippen LogP contribution in [0, 0.1) is 6.57 Å². The Bertz CT molecular complexity index is 2160. The first-order chi connectivity index (χ1) is 21.4. The third-order valence-corrected chi connectivity index (χ3v) is 8.37. The van der Waals surface area contributed by atoms with Crippen LogP contribution in [0.2, 0.25) is 0 Å². The number of rotatable bonds is 6. The predicted octanol–water partition coefficient (Wildman–Crippen LogP) is 11.6. The fourth-order valence-corrected chi connectivity index (χ4v) is 6.20. The lowest BCUT2D eigenvalue weighted by Gasteiger charge is -2.24. The van der Waals surface area contributed by atoms with Crippen molar-refractivity contribution in [3.8, 4) is 39.5 Å². The second-order valence-electron chi connectivity index (χ2n) is 11.9. The van der Waals surface area contributed by atoms with E-state index in [0.29, 0.717) is 17.0 Å². The molecule has 0 unspecified atom stereocenters. The van der Waals surface area contributed by atoms with Crippen LogP contribution in [0.25, 0.3) is 66.4 Å². The summed E-state index contributed by atoms with van der Waals surface area (Å²) in [7, 11) is 0. The first-order valence-corrected chi connectivity index (χ1v) is 15.2.